The predicted octanol–water partition coefficient (Wildman–Crippen LogP) is 3.79. The van der Waals surface area contributed by atoms with Crippen LogP contribution in [0.2, 0.25) is 0 Å². The average Bonchev–Trinajstić information content (AvgIpc) is 2.65. The zero-order valence-corrected chi connectivity index (χ0v) is 13.7. The molecule has 4 heteroatoms. The number of hydrogen-bond acceptors (Lipinski definition) is 3. The molecule has 0 saturated carbocycles. The summed E-state index contributed by atoms with van der Waals surface area (Å²) in [4.78, 5) is 12.6. The minimum atomic E-state index is -0.103. The molecule has 0 aromatic heterocycles. The van der Waals surface area contributed by atoms with E-state index in [0.29, 0.717) is 23.6 Å². The van der Waals surface area contributed by atoms with Gasteiger partial charge in [0.1, 0.15) is 11.5 Å². The molecule has 0 unspecified atom stereocenters. The summed E-state index contributed by atoms with van der Waals surface area (Å²) in [5.41, 5.74) is 1.59. The second-order valence-electron chi connectivity index (χ2n) is 5.43. The van der Waals surface area contributed by atoms with Crippen molar-refractivity contribution >= 4 is 16.7 Å². The number of ether oxygens (including phenoxy) is 2. The Balaban J connectivity index is 1.80. The summed E-state index contributed by atoms with van der Waals surface area (Å²) in [6.45, 7) is 0.398. The third-order valence-electron chi connectivity index (χ3n) is 3.90. The van der Waals surface area contributed by atoms with Crippen molar-refractivity contribution in [3.8, 4) is 11.5 Å². The molecular formula is C20H19NO3. The van der Waals surface area contributed by atoms with Gasteiger partial charge < -0.3 is 14.8 Å². The van der Waals surface area contributed by atoms with Crippen molar-refractivity contribution in [3.05, 3.63) is 71.8 Å². The van der Waals surface area contributed by atoms with Gasteiger partial charge in [0, 0.05) is 18.2 Å². The average molecular weight is 321 g/mol. The Hall–Kier alpha value is -3.01. The van der Waals surface area contributed by atoms with Gasteiger partial charge in [-0.2, -0.15) is 0 Å². The van der Waals surface area contributed by atoms with Crippen LogP contribution in [0.15, 0.2) is 60.7 Å². The second kappa shape index (κ2) is 7.04. The molecule has 0 spiro atoms. The lowest BCUT2D eigenvalue weighted by Crippen LogP contribution is -2.23. The van der Waals surface area contributed by atoms with Crippen LogP contribution in [0.5, 0.6) is 11.5 Å². The maximum absolute atomic E-state index is 12.6. The van der Waals surface area contributed by atoms with Crippen LogP contribution in [0.25, 0.3) is 10.8 Å². The Morgan fingerprint density at radius 2 is 1.58 bits per heavy atom. The van der Waals surface area contributed by atoms with Crippen LogP contribution in [0.4, 0.5) is 0 Å². The smallest absolute Gasteiger partial charge is 0.252 e. The molecule has 0 aliphatic heterocycles. The number of hydrogen-bond donors (Lipinski definition) is 1. The van der Waals surface area contributed by atoms with E-state index in [0.717, 1.165) is 16.3 Å². The van der Waals surface area contributed by atoms with E-state index in [9.17, 15) is 4.79 Å². The van der Waals surface area contributed by atoms with Gasteiger partial charge in [0.05, 0.1) is 14.2 Å². The Morgan fingerprint density at radius 3 is 2.29 bits per heavy atom. The summed E-state index contributed by atoms with van der Waals surface area (Å²) in [7, 11) is 3.21. The fraction of sp³-hybridized carbons (Fsp3) is 0.150. The lowest BCUT2D eigenvalue weighted by Gasteiger charge is -2.11. The molecule has 0 aliphatic rings. The number of rotatable bonds is 5. The molecule has 0 aliphatic carbocycles. The zero-order valence-electron chi connectivity index (χ0n) is 13.7. The number of carbonyl (C=O) groups is 1. The molecule has 0 atom stereocenters. The molecule has 0 radical (unpaired) electrons. The van der Waals surface area contributed by atoms with Gasteiger partial charge in [0.2, 0.25) is 0 Å². The first kappa shape index (κ1) is 15.9. The quantitative estimate of drug-likeness (QED) is 0.778. The van der Waals surface area contributed by atoms with E-state index in [1.807, 2.05) is 54.6 Å². The van der Waals surface area contributed by atoms with Gasteiger partial charge in [0.15, 0.2) is 0 Å². The van der Waals surface area contributed by atoms with Crippen LogP contribution in [0.3, 0.4) is 0 Å². The van der Waals surface area contributed by atoms with E-state index >= 15 is 0 Å². The van der Waals surface area contributed by atoms with Crippen LogP contribution in [0.1, 0.15) is 15.9 Å². The molecule has 24 heavy (non-hydrogen) atoms. The normalized spacial score (nSPS) is 10.4. The monoisotopic (exact) mass is 321 g/mol. The maximum atomic E-state index is 12.6. The van der Waals surface area contributed by atoms with E-state index in [2.05, 4.69) is 5.32 Å². The summed E-state index contributed by atoms with van der Waals surface area (Å²) in [5, 5.41) is 4.95. The summed E-state index contributed by atoms with van der Waals surface area (Å²) >= 11 is 0. The molecule has 1 amide bonds. The fourth-order valence-electron chi connectivity index (χ4n) is 2.67. The first-order chi connectivity index (χ1) is 11.7. The highest BCUT2D eigenvalue weighted by molar-refractivity contribution is 6.06. The van der Waals surface area contributed by atoms with E-state index in [1.54, 1.807) is 20.3 Å². The first-order valence-electron chi connectivity index (χ1n) is 7.69. The highest BCUT2D eigenvalue weighted by Gasteiger charge is 2.10. The summed E-state index contributed by atoms with van der Waals surface area (Å²) in [5.74, 6) is 1.29. The van der Waals surface area contributed by atoms with Gasteiger partial charge in [-0.15, -0.1) is 0 Å². The highest BCUT2D eigenvalue weighted by Crippen LogP contribution is 2.23. The third kappa shape index (κ3) is 3.33. The molecule has 0 heterocycles. The van der Waals surface area contributed by atoms with Crippen molar-refractivity contribution in [2.45, 2.75) is 6.54 Å². The molecule has 0 saturated heterocycles. The van der Waals surface area contributed by atoms with Gasteiger partial charge in [-0.25, -0.2) is 0 Å². The largest absolute Gasteiger partial charge is 0.497 e. The van der Waals surface area contributed by atoms with Crippen molar-refractivity contribution in [1.29, 1.82) is 0 Å². The second-order valence-corrected chi connectivity index (χ2v) is 5.43. The van der Waals surface area contributed by atoms with Gasteiger partial charge in [-0.05, 0) is 34.5 Å². The molecule has 1 N–H and O–H groups in total. The van der Waals surface area contributed by atoms with Gasteiger partial charge >= 0.3 is 0 Å². The Labute approximate surface area is 141 Å². The lowest BCUT2D eigenvalue weighted by atomic mass is 10.0. The van der Waals surface area contributed by atoms with E-state index in [-0.39, 0.29) is 5.91 Å². The molecular weight excluding hydrogens is 302 g/mol. The summed E-state index contributed by atoms with van der Waals surface area (Å²) in [6, 6.07) is 19.2. The van der Waals surface area contributed by atoms with Crippen molar-refractivity contribution in [1.82, 2.24) is 5.32 Å². The Kier molecular flexibility index (Phi) is 4.66. The van der Waals surface area contributed by atoms with Gasteiger partial charge in [0.25, 0.3) is 5.91 Å². The van der Waals surface area contributed by atoms with Crippen LogP contribution in [-0.2, 0) is 6.54 Å². The van der Waals surface area contributed by atoms with E-state index in [4.69, 9.17) is 9.47 Å². The molecule has 0 fully saturated rings. The van der Waals surface area contributed by atoms with E-state index < -0.39 is 0 Å². The third-order valence-corrected chi connectivity index (χ3v) is 3.90. The summed E-state index contributed by atoms with van der Waals surface area (Å²) < 4.78 is 10.5. The van der Waals surface area contributed by atoms with Crippen LogP contribution in [-0.4, -0.2) is 20.1 Å². The maximum Gasteiger partial charge on any atom is 0.252 e. The Bertz CT molecular complexity index is 846. The van der Waals surface area contributed by atoms with Crippen molar-refractivity contribution < 1.29 is 14.3 Å². The SMILES string of the molecule is COc1cc(CNC(=O)c2cccc3ccccc23)cc(OC)c1. The molecule has 122 valence electrons. The highest BCUT2D eigenvalue weighted by atomic mass is 16.5. The number of carbonyl (C=O) groups excluding carboxylic acids is 1. The number of nitrogens with one attached hydrogen (secondary N) is 1. The van der Waals surface area contributed by atoms with Crippen LogP contribution in [0, 0.1) is 0 Å². The van der Waals surface area contributed by atoms with Gasteiger partial charge in [-0.1, -0.05) is 36.4 Å². The molecule has 0 bridgehead atoms. The van der Waals surface area contributed by atoms with Crippen LogP contribution >= 0.6 is 0 Å². The fourth-order valence-corrected chi connectivity index (χ4v) is 2.67. The molecule has 3 aromatic carbocycles. The Morgan fingerprint density at radius 1 is 0.917 bits per heavy atom. The molecule has 4 nitrogen and oxygen atoms in total. The van der Waals surface area contributed by atoms with Crippen LogP contribution < -0.4 is 14.8 Å². The van der Waals surface area contributed by atoms with Crippen molar-refractivity contribution in [3.63, 3.8) is 0 Å². The predicted molar refractivity (Wildman–Crippen MR) is 94.7 cm³/mol. The van der Waals surface area contributed by atoms with E-state index in [1.165, 1.54) is 0 Å². The number of fused-ring (bicyclic) bond motifs is 1. The molecule has 3 aromatic rings. The standard InChI is InChI=1S/C20H19NO3/c1-23-16-10-14(11-17(12-16)24-2)13-21-20(22)19-9-5-7-15-6-3-4-8-18(15)19/h3-12H,13H2,1-2H3,(H,21,22). The lowest BCUT2D eigenvalue weighted by molar-refractivity contribution is 0.0952. The minimum Gasteiger partial charge on any atom is -0.497 e. The first-order valence-corrected chi connectivity index (χ1v) is 7.69. The molecule has 3 rings (SSSR count). The number of methoxy groups -OCH3 is 2. The number of amides is 1. The van der Waals surface area contributed by atoms with Crippen molar-refractivity contribution in [2.75, 3.05) is 14.2 Å². The van der Waals surface area contributed by atoms with Gasteiger partial charge in [-0.3, -0.25) is 4.79 Å². The van der Waals surface area contributed by atoms with Crippen molar-refractivity contribution in [2.24, 2.45) is 0 Å². The minimum absolute atomic E-state index is 0.103. The number of benzene rings is 3. The zero-order chi connectivity index (χ0) is 16.9. The summed E-state index contributed by atoms with van der Waals surface area (Å²) in [6.07, 6.45) is 0. The topological polar surface area (TPSA) is 47.6 Å².